The molecule has 1 aromatic heterocycles. The zero-order valence-electron chi connectivity index (χ0n) is 44.3. The van der Waals surface area contributed by atoms with Gasteiger partial charge in [-0.1, -0.05) is 292 Å². The van der Waals surface area contributed by atoms with Gasteiger partial charge in [0.25, 0.3) is 0 Å². The molecule has 1 fully saturated rings. The monoisotopic (exact) mass is 1050 g/mol. The molecule has 0 N–H and O–H groups in total. The van der Waals surface area contributed by atoms with Crippen LogP contribution in [0.25, 0.3) is 99.9 Å². The summed E-state index contributed by atoms with van der Waals surface area (Å²) in [6, 6.07) is 98.5. The van der Waals surface area contributed by atoms with Gasteiger partial charge in [-0.2, -0.15) is 0 Å². The van der Waals surface area contributed by atoms with Gasteiger partial charge in [0.1, 0.15) is 0 Å². The molecule has 14 rings (SSSR count). The molecule has 13 aromatic rings. The van der Waals surface area contributed by atoms with E-state index in [2.05, 4.69) is 212 Å². The summed E-state index contributed by atoms with van der Waals surface area (Å²) in [6.45, 7) is 0. The van der Waals surface area contributed by atoms with Crippen LogP contribution in [0, 0.1) is 0 Å². The van der Waals surface area contributed by atoms with E-state index in [1.165, 1.54) is 79.6 Å². The third-order valence-corrected chi connectivity index (χ3v) is 19.8. The highest BCUT2D eigenvalue weighted by Crippen LogP contribution is 2.49. The summed E-state index contributed by atoms with van der Waals surface area (Å²) in [5.41, 5.74) is 12.4. The highest BCUT2D eigenvalue weighted by Gasteiger charge is 2.36. The molecule has 0 unspecified atom stereocenters. The summed E-state index contributed by atoms with van der Waals surface area (Å²) in [5, 5.41) is 9.58. The van der Waals surface area contributed by atoms with Crippen molar-refractivity contribution in [3.63, 3.8) is 0 Å². The molecule has 1 aliphatic rings. The summed E-state index contributed by atoms with van der Waals surface area (Å²) in [7, 11) is -3.13. The lowest BCUT2D eigenvalue weighted by molar-refractivity contribution is 0.346. The molecule has 382 valence electrons. The number of fused-ring (bicyclic) bond motifs is 3. The fourth-order valence-electron chi connectivity index (χ4n) is 12.6. The van der Waals surface area contributed by atoms with Crippen molar-refractivity contribution in [2.45, 2.75) is 37.5 Å². The van der Waals surface area contributed by atoms with E-state index in [0.717, 1.165) is 62.0 Å². The quantitative estimate of drug-likeness (QED) is 0.0957. The highest BCUT2D eigenvalue weighted by atomic mass is 31.2. The molecule has 0 amide bonds. The Hall–Kier alpha value is -9.34. The molecule has 0 spiro atoms. The standard InChI is InChI=1S/C75H56N3OP/c79-80(63-23-7-2-8-24-63,64-25-9-3-10-26-64)65-47-41-56(42-48-65)71-68-29-15-13-27-66(68)70(67-28-14-16-30-69(67)71)55-37-43-61(44-38-55)75(49-17-4-18-50-75)62-45-39-58(40-46-62)73-76-72(57-34-31-54(32-35-57)52-19-5-1-6-20-52)77-74(78-73)60-36-33-53-21-11-12-22-59(53)51-60/h1-3,5-16,19-48,51H,4,17-18,49-50H2. The Bertz CT molecular complexity index is 4320. The second-order valence-corrected chi connectivity index (χ2v) is 24.0. The van der Waals surface area contributed by atoms with Gasteiger partial charge in [0.05, 0.1) is 0 Å². The predicted molar refractivity (Wildman–Crippen MR) is 335 cm³/mol. The average Bonchev–Trinajstić information content (AvgIpc) is 3.72. The number of aromatic nitrogens is 3. The van der Waals surface area contributed by atoms with Gasteiger partial charge in [-0.3, -0.25) is 0 Å². The highest BCUT2D eigenvalue weighted by molar-refractivity contribution is 7.85. The van der Waals surface area contributed by atoms with Gasteiger partial charge in [-0.05, 0) is 95.7 Å². The van der Waals surface area contributed by atoms with Crippen LogP contribution >= 0.6 is 7.14 Å². The van der Waals surface area contributed by atoms with Gasteiger partial charge in [0, 0.05) is 38.0 Å². The first-order valence-corrected chi connectivity index (χ1v) is 29.6. The molecular weight excluding hydrogens is 990 g/mol. The molecule has 0 bridgehead atoms. The van der Waals surface area contributed by atoms with Gasteiger partial charge in [-0.25, -0.2) is 15.0 Å². The molecule has 12 aromatic carbocycles. The van der Waals surface area contributed by atoms with Crippen molar-refractivity contribution in [1.82, 2.24) is 15.0 Å². The Morgan fingerprint density at radius 2 is 0.637 bits per heavy atom. The zero-order chi connectivity index (χ0) is 53.5. The van der Waals surface area contributed by atoms with E-state index in [1.54, 1.807) is 0 Å². The molecule has 1 heterocycles. The van der Waals surface area contributed by atoms with Crippen molar-refractivity contribution in [3.05, 3.63) is 290 Å². The Morgan fingerprint density at radius 1 is 0.287 bits per heavy atom. The smallest absolute Gasteiger partial charge is 0.171 e. The maximum Gasteiger partial charge on any atom is 0.171 e. The lowest BCUT2D eigenvalue weighted by Crippen LogP contribution is -2.30. The molecule has 4 nitrogen and oxygen atoms in total. The van der Waals surface area contributed by atoms with Gasteiger partial charge < -0.3 is 4.57 Å². The summed E-state index contributed by atoms with van der Waals surface area (Å²) < 4.78 is 15.3. The largest absolute Gasteiger partial charge is 0.309 e. The minimum Gasteiger partial charge on any atom is -0.309 e. The van der Waals surface area contributed by atoms with Crippen LogP contribution in [-0.4, -0.2) is 15.0 Å². The van der Waals surface area contributed by atoms with Crippen LogP contribution in [0.15, 0.2) is 279 Å². The van der Waals surface area contributed by atoms with Crippen LogP contribution in [0.5, 0.6) is 0 Å². The second kappa shape index (κ2) is 20.8. The van der Waals surface area contributed by atoms with Crippen molar-refractivity contribution in [3.8, 4) is 67.5 Å². The first-order valence-electron chi connectivity index (χ1n) is 27.9. The van der Waals surface area contributed by atoms with Gasteiger partial charge in [0.15, 0.2) is 24.6 Å². The van der Waals surface area contributed by atoms with E-state index < -0.39 is 7.14 Å². The molecule has 0 atom stereocenters. The number of hydrogen-bond donors (Lipinski definition) is 0. The van der Waals surface area contributed by atoms with Crippen LogP contribution in [0.1, 0.15) is 43.2 Å². The van der Waals surface area contributed by atoms with Crippen molar-refractivity contribution < 1.29 is 4.57 Å². The van der Waals surface area contributed by atoms with E-state index in [9.17, 15) is 0 Å². The molecule has 0 saturated heterocycles. The van der Waals surface area contributed by atoms with E-state index in [4.69, 9.17) is 15.0 Å². The third kappa shape index (κ3) is 8.83. The van der Waals surface area contributed by atoms with Crippen LogP contribution in [0.4, 0.5) is 0 Å². The Labute approximate surface area is 467 Å². The minimum absolute atomic E-state index is 0.137. The maximum absolute atomic E-state index is 15.3. The van der Waals surface area contributed by atoms with E-state index in [-0.39, 0.29) is 5.41 Å². The van der Waals surface area contributed by atoms with Gasteiger partial charge in [-0.15, -0.1) is 0 Å². The first kappa shape index (κ1) is 49.0. The Morgan fingerprint density at radius 3 is 1.14 bits per heavy atom. The number of nitrogens with zero attached hydrogens (tertiary/aromatic N) is 3. The fraction of sp³-hybridized carbons (Fsp3) is 0.0800. The van der Waals surface area contributed by atoms with Crippen LogP contribution < -0.4 is 15.9 Å². The summed E-state index contributed by atoms with van der Waals surface area (Å²) >= 11 is 0. The van der Waals surface area contributed by atoms with Crippen molar-refractivity contribution in [2.75, 3.05) is 0 Å². The minimum atomic E-state index is -3.13. The summed E-state index contributed by atoms with van der Waals surface area (Å²) in [5.74, 6) is 1.94. The van der Waals surface area contributed by atoms with E-state index in [1.807, 2.05) is 66.7 Å². The number of benzene rings is 12. The lowest BCUT2D eigenvalue weighted by Gasteiger charge is -2.39. The number of hydrogen-bond acceptors (Lipinski definition) is 4. The van der Waals surface area contributed by atoms with Crippen LogP contribution in [0.2, 0.25) is 0 Å². The van der Waals surface area contributed by atoms with Gasteiger partial charge >= 0.3 is 0 Å². The predicted octanol–water partition coefficient (Wildman–Crippen LogP) is 18.2. The summed E-state index contributed by atoms with van der Waals surface area (Å²) in [4.78, 5) is 15.5. The molecule has 1 saturated carbocycles. The fourth-order valence-corrected chi connectivity index (χ4v) is 15.3. The van der Waals surface area contributed by atoms with E-state index >= 15 is 4.57 Å². The molecule has 1 aliphatic carbocycles. The molecule has 5 heteroatoms. The zero-order valence-corrected chi connectivity index (χ0v) is 45.2. The van der Waals surface area contributed by atoms with Gasteiger partial charge in [0.2, 0.25) is 0 Å². The third-order valence-electron chi connectivity index (χ3n) is 16.7. The molecule has 80 heavy (non-hydrogen) atoms. The normalized spacial score (nSPS) is 13.4. The van der Waals surface area contributed by atoms with Crippen molar-refractivity contribution in [1.29, 1.82) is 0 Å². The van der Waals surface area contributed by atoms with Crippen molar-refractivity contribution >= 4 is 55.4 Å². The topological polar surface area (TPSA) is 55.7 Å². The van der Waals surface area contributed by atoms with Crippen molar-refractivity contribution in [2.24, 2.45) is 0 Å². The maximum atomic E-state index is 15.3. The van der Waals surface area contributed by atoms with E-state index in [0.29, 0.717) is 17.5 Å². The molecular formula is C75H56N3OP. The molecule has 0 radical (unpaired) electrons. The SMILES string of the molecule is O=P(c1ccccc1)(c1ccccc1)c1ccc(-c2c3ccccc3c(-c3ccc(C4(c5ccc(-c6nc(-c7ccc(-c8ccccc8)cc7)nc(-c7ccc8ccccc8c7)n6)cc5)CCCCC4)cc3)c3ccccc23)cc1. The first-order chi connectivity index (χ1) is 39.5. The van der Waals surface area contributed by atoms with Crippen LogP contribution in [-0.2, 0) is 9.98 Å². The van der Waals surface area contributed by atoms with Crippen LogP contribution in [0.3, 0.4) is 0 Å². The average molecular weight is 1050 g/mol. The Balaban J connectivity index is 0.816. The lowest BCUT2D eigenvalue weighted by atomic mass is 9.65. The Kier molecular flexibility index (Phi) is 12.7. The number of rotatable bonds is 11. The second-order valence-electron chi connectivity index (χ2n) is 21.3. The molecule has 0 aliphatic heterocycles. The summed E-state index contributed by atoms with van der Waals surface area (Å²) in [6.07, 6.45) is 5.75.